The van der Waals surface area contributed by atoms with Crippen molar-refractivity contribution in [2.45, 2.75) is 97.1 Å². The zero-order chi connectivity index (χ0) is 18.9. The predicted octanol–water partition coefficient (Wildman–Crippen LogP) is 4.71. The summed E-state index contributed by atoms with van der Waals surface area (Å²) in [7, 11) is 0. The second-order valence-electron chi connectivity index (χ2n) is 6.74. The molecule has 0 aromatic rings. The van der Waals surface area contributed by atoms with Crippen molar-refractivity contribution in [2.24, 2.45) is 0 Å². The van der Waals surface area contributed by atoms with Gasteiger partial charge in [-0.15, -0.1) is 6.58 Å². The van der Waals surface area contributed by atoms with Crippen molar-refractivity contribution in [1.82, 2.24) is 21.5 Å². The van der Waals surface area contributed by atoms with Crippen LogP contribution in [0.25, 0.3) is 0 Å². The van der Waals surface area contributed by atoms with Gasteiger partial charge in [-0.3, -0.25) is 10.9 Å². The Bertz CT molecular complexity index is 374. The van der Waals surface area contributed by atoms with E-state index in [1.807, 2.05) is 6.92 Å². The molecule has 0 bridgehead atoms. The highest BCUT2D eigenvalue weighted by Gasteiger charge is 2.05. The first-order chi connectivity index (χ1) is 12.0. The Morgan fingerprint density at radius 1 is 0.840 bits per heavy atom. The third kappa shape index (κ3) is 16.3. The van der Waals surface area contributed by atoms with Crippen LogP contribution in [0.15, 0.2) is 12.7 Å². The summed E-state index contributed by atoms with van der Waals surface area (Å²) in [4.78, 5) is 0. The number of hydrogen-bond acceptors (Lipinski definition) is 2. The number of nitrogens with one attached hydrogen (secondary N) is 4. The zero-order valence-corrected chi connectivity index (χ0v) is 18.0. The highest BCUT2D eigenvalue weighted by atomic mass is 32.1. The average Bonchev–Trinajstić information content (AvgIpc) is 2.58. The Morgan fingerprint density at radius 2 is 1.32 bits per heavy atom. The zero-order valence-electron chi connectivity index (χ0n) is 16.3. The van der Waals surface area contributed by atoms with E-state index < -0.39 is 0 Å². The van der Waals surface area contributed by atoms with Crippen LogP contribution in [-0.2, 0) is 0 Å². The number of rotatable bonds is 13. The number of hydrazine groups is 1. The minimum absolute atomic E-state index is 0.119. The van der Waals surface area contributed by atoms with E-state index in [0.29, 0.717) is 16.3 Å². The molecule has 146 valence electrons. The van der Waals surface area contributed by atoms with Crippen molar-refractivity contribution >= 4 is 34.7 Å². The van der Waals surface area contributed by atoms with E-state index in [1.54, 1.807) is 6.08 Å². The third-order valence-corrected chi connectivity index (χ3v) is 4.56. The maximum atomic E-state index is 5.27. The Balaban J connectivity index is 3.55. The van der Waals surface area contributed by atoms with Crippen LogP contribution in [0, 0.1) is 0 Å². The molecule has 0 aliphatic heterocycles. The van der Waals surface area contributed by atoms with Crippen molar-refractivity contribution in [3.63, 3.8) is 0 Å². The van der Waals surface area contributed by atoms with Crippen molar-refractivity contribution in [3.8, 4) is 0 Å². The normalized spacial score (nSPS) is 12.8. The van der Waals surface area contributed by atoms with Gasteiger partial charge in [-0.1, -0.05) is 70.8 Å². The summed E-state index contributed by atoms with van der Waals surface area (Å²) in [6, 6.07) is 0.480. The van der Waals surface area contributed by atoms with E-state index in [4.69, 9.17) is 24.4 Å². The topological polar surface area (TPSA) is 48.1 Å². The summed E-state index contributed by atoms with van der Waals surface area (Å²) in [5.41, 5.74) is 5.79. The summed E-state index contributed by atoms with van der Waals surface area (Å²) in [6.07, 6.45) is 15.1. The molecule has 0 aromatic heterocycles. The van der Waals surface area contributed by atoms with Gasteiger partial charge in [-0.05, 0) is 44.7 Å². The van der Waals surface area contributed by atoms with Crippen LogP contribution in [-0.4, -0.2) is 22.3 Å². The highest BCUT2D eigenvalue weighted by Crippen LogP contribution is 2.11. The van der Waals surface area contributed by atoms with Crippen LogP contribution in [0.2, 0.25) is 0 Å². The molecule has 0 heterocycles. The molecule has 6 heteroatoms. The van der Waals surface area contributed by atoms with Crippen molar-refractivity contribution in [3.05, 3.63) is 12.7 Å². The minimum Gasteiger partial charge on any atom is -0.359 e. The largest absolute Gasteiger partial charge is 0.359 e. The Hall–Kier alpha value is -0.880. The molecule has 25 heavy (non-hydrogen) atoms. The monoisotopic (exact) mass is 386 g/mol. The number of thiocarbonyl (C=S) groups is 2. The Labute approximate surface area is 166 Å². The maximum absolute atomic E-state index is 5.27. The van der Waals surface area contributed by atoms with E-state index in [0.717, 1.165) is 6.42 Å². The molecule has 0 aromatic carbocycles. The van der Waals surface area contributed by atoms with Gasteiger partial charge in [0.2, 0.25) is 0 Å². The Kier molecular flexibility index (Phi) is 16.0. The van der Waals surface area contributed by atoms with E-state index in [9.17, 15) is 0 Å². The van der Waals surface area contributed by atoms with E-state index in [2.05, 4.69) is 41.9 Å². The van der Waals surface area contributed by atoms with Gasteiger partial charge >= 0.3 is 0 Å². The molecule has 4 N–H and O–H groups in total. The first-order valence-corrected chi connectivity index (χ1v) is 10.6. The molecule has 4 nitrogen and oxygen atoms in total. The second-order valence-corrected chi connectivity index (χ2v) is 7.56. The fraction of sp³-hybridized carbons (Fsp3) is 0.789. The van der Waals surface area contributed by atoms with Crippen LogP contribution in [0.5, 0.6) is 0 Å². The highest BCUT2D eigenvalue weighted by molar-refractivity contribution is 7.80. The lowest BCUT2D eigenvalue weighted by molar-refractivity contribution is 0.518. The van der Waals surface area contributed by atoms with Gasteiger partial charge in [0.1, 0.15) is 0 Å². The smallest absolute Gasteiger partial charge is 0.185 e. The van der Waals surface area contributed by atoms with Crippen LogP contribution in [0.3, 0.4) is 0 Å². The molecule has 0 aliphatic carbocycles. The van der Waals surface area contributed by atoms with E-state index >= 15 is 0 Å². The first kappa shape index (κ1) is 24.1. The molecule has 0 aliphatic rings. The van der Waals surface area contributed by atoms with Gasteiger partial charge in [0, 0.05) is 12.1 Å². The molecule has 0 saturated carbocycles. The summed E-state index contributed by atoms with van der Waals surface area (Å²) in [6.45, 7) is 10.1. The summed E-state index contributed by atoms with van der Waals surface area (Å²) in [5, 5.41) is 7.41. The standard InChI is InChI=1S/C19H38N4S2/c1-5-7-8-9-10-11-12-13-14-15-17(4)21-19(25)23-22-18(24)20-16(3)6-2/h6,16-17H,2,5,7-15H2,1,3-4H3,(H2,20,22,24)(H2,21,23,25)/t16-,17-/m1/s1. The minimum atomic E-state index is 0.119. The fourth-order valence-corrected chi connectivity index (χ4v) is 3.00. The van der Waals surface area contributed by atoms with E-state index in [1.165, 1.54) is 57.8 Å². The van der Waals surface area contributed by atoms with Crippen LogP contribution in [0.4, 0.5) is 0 Å². The first-order valence-electron chi connectivity index (χ1n) is 9.75. The molecule has 0 spiro atoms. The SMILES string of the molecule is C=C[C@@H](C)NC(=S)NNC(=S)N[C@H](C)CCCCCCCCCCC. The summed E-state index contributed by atoms with van der Waals surface area (Å²) < 4.78 is 0. The van der Waals surface area contributed by atoms with Gasteiger partial charge in [0.15, 0.2) is 10.2 Å². The van der Waals surface area contributed by atoms with Gasteiger partial charge < -0.3 is 10.6 Å². The predicted molar refractivity (Wildman–Crippen MR) is 119 cm³/mol. The van der Waals surface area contributed by atoms with Crippen molar-refractivity contribution < 1.29 is 0 Å². The molecule has 0 amide bonds. The number of unbranched alkanes of at least 4 members (excludes halogenated alkanes) is 8. The lowest BCUT2D eigenvalue weighted by atomic mass is 10.0. The van der Waals surface area contributed by atoms with E-state index in [-0.39, 0.29) is 6.04 Å². The van der Waals surface area contributed by atoms with Gasteiger partial charge in [-0.2, -0.15) is 0 Å². The molecular weight excluding hydrogens is 348 g/mol. The van der Waals surface area contributed by atoms with Crippen LogP contribution in [0.1, 0.15) is 85.0 Å². The maximum Gasteiger partial charge on any atom is 0.185 e. The summed E-state index contributed by atoms with van der Waals surface area (Å²) in [5.74, 6) is 0. The quantitative estimate of drug-likeness (QED) is 0.159. The molecule has 2 atom stereocenters. The van der Waals surface area contributed by atoms with Gasteiger partial charge in [0.25, 0.3) is 0 Å². The lowest BCUT2D eigenvalue weighted by Crippen LogP contribution is -2.52. The van der Waals surface area contributed by atoms with Gasteiger partial charge in [0.05, 0.1) is 0 Å². The van der Waals surface area contributed by atoms with Crippen LogP contribution >= 0.6 is 24.4 Å². The van der Waals surface area contributed by atoms with Gasteiger partial charge in [-0.25, -0.2) is 0 Å². The molecule has 0 fully saturated rings. The van der Waals surface area contributed by atoms with Crippen molar-refractivity contribution in [2.75, 3.05) is 0 Å². The molecule has 0 radical (unpaired) electrons. The molecular formula is C19H38N4S2. The lowest BCUT2D eigenvalue weighted by Gasteiger charge is -2.19. The molecule has 0 saturated heterocycles. The second kappa shape index (κ2) is 16.6. The third-order valence-electron chi connectivity index (χ3n) is 4.12. The number of hydrogen-bond donors (Lipinski definition) is 4. The molecule has 0 unspecified atom stereocenters. The molecule has 0 rings (SSSR count). The summed E-state index contributed by atoms with van der Waals surface area (Å²) >= 11 is 10.4. The van der Waals surface area contributed by atoms with Crippen molar-refractivity contribution in [1.29, 1.82) is 0 Å². The Morgan fingerprint density at radius 3 is 1.84 bits per heavy atom. The average molecular weight is 387 g/mol. The fourth-order valence-electron chi connectivity index (χ4n) is 2.51. The van der Waals surface area contributed by atoms with Crippen LogP contribution < -0.4 is 21.5 Å².